The maximum atomic E-state index is 15.6. The molecule has 3 aromatic heterocycles. The van der Waals surface area contributed by atoms with Gasteiger partial charge in [0.15, 0.2) is 5.82 Å². The third-order valence-corrected chi connectivity index (χ3v) is 18.6. The summed E-state index contributed by atoms with van der Waals surface area (Å²) in [5.41, 5.74) is 12.5. The van der Waals surface area contributed by atoms with Crippen LogP contribution >= 0.6 is 6.89 Å². The Bertz CT molecular complexity index is 3440. The average molecular weight is 1100 g/mol. The van der Waals surface area contributed by atoms with Crippen molar-refractivity contribution in [2.45, 2.75) is 90.5 Å². The second-order valence-electron chi connectivity index (χ2n) is 22.7. The number of nitrogens with zero attached hydrogens (tertiary/aromatic N) is 10. The lowest BCUT2D eigenvalue weighted by Crippen LogP contribution is -2.52. The zero-order valence-corrected chi connectivity index (χ0v) is 48.7. The number of nitrogens with one attached hydrogen (secondary N) is 3. The topological polar surface area (TPSA) is 118 Å². The van der Waals surface area contributed by atoms with Crippen LogP contribution in [0.4, 0.5) is 43.3 Å². The van der Waals surface area contributed by atoms with Crippen molar-refractivity contribution in [2.24, 2.45) is 5.92 Å². The van der Waals surface area contributed by atoms with Crippen LogP contribution in [0.2, 0.25) is 0 Å². The number of aromatic nitrogens is 6. The van der Waals surface area contributed by atoms with Crippen LogP contribution in [0.25, 0.3) is 27.6 Å². The summed E-state index contributed by atoms with van der Waals surface area (Å²) in [6.45, 7) is 29.0. The molecule has 13 nitrogen and oxygen atoms in total. The Morgan fingerprint density at radius 3 is 2.26 bits per heavy atom. The smallest absolute Gasteiger partial charge is 0.229 e. The SMILES string of the molecule is C=CCCC(C(=C)NC)c1c(F)cc(N2CCC(CCN3CCN(C4CCN(c5cc(CC)c(Nc6ncc(-n7nnc8ccccc87)c(Nc7ccc8nc(C)ccc8c7P(=C)(C)C)n6)cc5CC)CC4)CC3=C)CC2)cc1F. The minimum absolute atomic E-state index is 0.0850. The van der Waals surface area contributed by atoms with Gasteiger partial charge in [-0.05, 0) is 150 Å². The van der Waals surface area contributed by atoms with Crippen molar-refractivity contribution < 1.29 is 8.78 Å². The molecule has 0 amide bonds. The summed E-state index contributed by atoms with van der Waals surface area (Å²) in [4.78, 5) is 24.9. The third-order valence-electron chi connectivity index (χ3n) is 16.9. The number of piperidine rings is 2. The number of rotatable bonds is 20. The molecule has 7 aromatic rings. The van der Waals surface area contributed by atoms with Crippen molar-refractivity contribution in [1.29, 1.82) is 0 Å². The molecule has 4 aromatic carbocycles. The molecule has 16 heteroatoms. The molecule has 0 saturated carbocycles. The first kappa shape index (κ1) is 56.2. The van der Waals surface area contributed by atoms with Crippen LogP contribution in [-0.4, -0.2) is 125 Å². The first-order chi connectivity index (χ1) is 38.6. The monoisotopic (exact) mass is 1100 g/mol. The number of likely N-dealkylation sites (N-methyl/N-ethyl adjacent to an activating group) is 1. The van der Waals surface area contributed by atoms with Gasteiger partial charge in [-0.15, -0.1) is 11.7 Å². The molecule has 3 aliphatic heterocycles. The summed E-state index contributed by atoms with van der Waals surface area (Å²) < 4.78 is 33.0. The van der Waals surface area contributed by atoms with E-state index in [4.69, 9.17) is 21.3 Å². The van der Waals surface area contributed by atoms with E-state index in [9.17, 15) is 0 Å². The fraction of sp³-hybridized carbons (Fsp3) is 0.406. The van der Waals surface area contributed by atoms with Gasteiger partial charge >= 0.3 is 0 Å². The fourth-order valence-electron chi connectivity index (χ4n) is 12.4. The van der Waals surface area contributed by atoms with E-state index < -0.39 is 24.4 Å². The molecule has 1 atom stereocenters. The van der Waals surface area contributed by atoms with Gasteiger partial charge in [0.2, 0.25) is 5.95 Å². The van der Waals surface area contributed by atoms with E-state index in [1.165, 1.54) is 34.6 Å². The Kier molecular flexibility index (Phi) is 17.1. The molecular weight excluding hydrogens is 1020 g/mol. The van der Waals surface area contributed by atoms with Gasteiger partial charge in [-0.25, -0.2) is 18.4 Å². The van der Waals surface area contributed by atoms with Gasteiger partial charge in [-0.1, -0.05) is 69.7 Å². The molecule has 3 aliphatic rings. The van der Waals surface area contributed by atoms with Crippen LogP contribution in [0.3, 0.4) is 0 Å². The zero-order chi connectivity index (χ0) is 56.2. The molecule has 0 spiro atoms. The molecule has 1 unspecified atom stereocenters. The van der Waals surface area contributed by atoms with Gasteiger partial charge in [0, 0.05) is 127 Å². The van der Waals surface area contributed by atoms with Gasteiger partial charge in [0.05, 0.1) is 17.2 Å². The molecule has 3 fully saturated rings. The second kappa shape index (κ2) is 24.3. The first-order valence-electron chi connectivity index (χ1n) is 28.7. The van der Waals surface area contributed by atoms with E-state index in [1.807, 2.05) is 37.4 Å². The number of hydrogen-bond donors (Lipinski definition) is 3. The lowest BCUT2D eigenvalue weighted by Gasteiger charge is -2.45. The molecule has 6 heterocycles. The minimum atomic E-state index is -1.84. The van der Waals surface area contributed by atoms with Gasteiger partial charge in [-0.3, -0.25) is 9.88 Å². The molecule has 3 N–H and O–H groups in total. The summed E-state index contributed by atoms with van der Waals surface area (Å²) >= 11 is 0. The van der Waals surface area contributed by atoms with Gasteiger partial charge in [-0.2, -0.15) is 4.98 Å². The third kappa shape index (κ3) is 12.0. The summed E-state index contributed by atoms with van der Waals surface area (Å²) in [5, 5.41) is 21.7. The number of allylic oxidation sites excluding steroid dienone is 2. The van der Waals surface area contributed by atoms with Gasteiger partial charge in [0.25, 0.3) is 0 Å². The molecule has 0 radical (unpaired) electrons. The second-order valence-corrected chi connectivity index (χ2v) is 26.5. The van der Waals surface area contributed by atoms with Crippen LogP contribution in [0, 0.1) is 24.5 Å². The molecule has 0 aliphatic carbocycles. The number of fused-ring (bicyclic) bond motifs is 2. The number of benzene rings is 4. The molecule has 0 bridgehead atoms. The lowest BCUT2D eigenvalue weighted by atomic mass is 9.89. The molecule has 10 rings (SSSR count). The number of anilines is 6. The first-order valence-corrected chi connectivity index (χ1v) is 31.6. The normalized spacial score (nSPS) is 16.4. The Hall–Kier alpha value is -7.09. The van der Waals surface area contributed by atoms with Crippen molar-refractivity contribution >= 4 is 74.9 Å². The largest absolute Gasteiger partial charge is 0.391 e. The maximum absolute atomic E-state index is 15.6. The molecular formula is C64H80F2N13P. The highest BCUT2D eigenvalue weighted by Gasteiger charge is 2.32. The van der Waals surface area contributed by atoms with Crippen molar-refractivity contribution in [3.05, 3.63) is 150 Å². The van der Waals surface area contributed by atoms with E-state index in [0.29, 0.717) is 53.6 Å². The zero-order valence-electron chi connectivity index (χ0n) is 47.8. The number of pyridine rings is 1. The number of hydrogen-bond acceptors (Lipinski definition) is 12. The van der Waals surface area contributed by atoms with Crippen LogP contribution in [0.15, 0.2) is 116 Å². The van der Waals surface area contributed by atoms with E-state index in [1.54, 1.807) is 17.8 Å². The summed E-state index contributed by atoms with van der Waals surface area (Å²) in [5.74, 6) is 0.166. The summed E-state index contributed by atoms with van der Waals surface area (Å²) in [7, 11) is 1.74. The van der Waals surface area contributed by atoms with Crippen molar-refractivity contribution in [3.8, 4) is 5.69 Å². The molecule has 420 valence electrons. The quantitative estimate of drug-likeness (QED) is 0.0498. The van der Waals surface area contributed by atoms with E-state index >= 15 is 8.78 Å². The molecule has 80 heavy (non-hydrogen) atoms. The Balaban J connectivity index is 0.765. The van der Waals surface area contributed by atoms with Gasteiger partial charge in [0.1, 0.15) is 22.8 Å². The summed E-state index contributed by atoms with van der Waals surface area (Å²) in [6, 6.07) is 24.5. The van der Waals surface area contributed by atoms with E-state index in [0.717, 1.165) is 142 Å². The van der Waals surface area contributed by atoms with Crippen LogP contribution < -0.4 is 31.1 Å². The van der Waals surface area contributed by atoms with Crippen molar-refractivity contribution in [1.82, 2.24) is 45.1 Å². The Morgan fingerprint density at radius 2 is 1.56 bits per heavy atom. The number of aryl methyl sites for hydroxylation is 3. The number of para-hydroxylation sites is 1. The maximum Gasteiger partial charge on any atom is 0.229 e. The number of halogens is 2. The predicted octanol–water partition coefficient (Wildman–Crippen LogP) is 12.5. The highest BCUT2D eigenvalue weighted by molar-refractivity contribution is 7.80. The Labute approximate surface area is 472 Å². The van der Waals surface area contributed by atoms with E-state index in [-0.39, 0.29) is 5.56 Å². The minimum Gasteiger partial charge on any atom is -0.391 e. The fourth-order valence-corrected chi connectivity index (χ4v) is 14.0. The average Bonchev–Trinajstić information content (AvgIpc) is 3.89. The standard InChI is InChI=1S/C64H80F2N13P/c1-11-14-17-50(44(6)67-7)61-52(65)38-49(39-53(61)66)76-30-25-45(26-31-76)24-29-75-34-35-78(41-43(75)5)48-27-32-77(33-28-48)59-37-46(12-2)57(36-47(59)13-3)71-64-68-40-60(79-58-19-16-15-18-55(58)73-74-79)63(72-64)70-56-23-22-54-51(21-20-42(4)69-54)62(56)80(8,9)10/h11,15-16,18-23,36-40,45,48,50,67H,1,5-6,8,12-14,17,24-35,41H2,2-4,7,9-10H3,(H2,68,70,71,72). The van der Waals surface area contributed by atoms with Crippen LogP contribution in [0.5, 0.6) is 0 Å². The van der Waals surface area contributed by atoms with Gasteiger partial charge < -0.3 is 30.7 Å². The lowest BCUT2D eigenvalue weighted by molar-refractivity contribution is 0.113. The molecule has 3 saturated heterocycles. The predicted molar refractivity (Wildman–Crippen MR) is 332 cm³/mol. The van der Waals surface area contributed by atoms with Crippen molar-refractivity contribution in [2.75, 3.05) is 93.2 Å². The highest BCUT2D eigenvalue weighted by atomic mass is 31.2. The highest BCUT2D eigenvalue weighted by Crippen LogP contribution is 2.42. The van der Waals surface area contributed by atoms with E-state index in [2.05, 4.69) is 129 Å². The van der Waals surface area contributed by atoms with Crippen LogP contribution in [0.1, 0.15) is 87.1 Å². The number of piperazine rings is 1. The Morgan fingerprint density at radius 1 is 0.825 bits per heavy atom. The van der Waals surface area contributed by atoms with Crippen molar-refractivity contribution in [3.63, 3.8) is 0 Å². The van der Waals surface area contributed by atoms with Crippen LogP contribution in [-0.2, 0) is 12.8 Å². The summed E-state index contributed by atoms with van der Waals surface area (Å²) in [6.07, 6.45) is 16.5.